The van der Waals surface area contributed by atoms with E-state index in [0.717, 1.165) is 11.4 Å². The highest BCUT2D eigenvalue weighted by molar-refractivity contribution is 7.11. The summed E-state index contributed by atoms with van der Waals surface area (Å²) in [6.07, 6.45) is 2.85. The molecular formula is C10H17N3OS. The van der Waals surface area contributed by atoms with Crippen LogP contribution < -0.4 is 5.73 Å². The number of hydrogen-bond donors (Lipinski definition) is 1. The van der Waals surface area contributed by atoms with Crippen molar-refractivity contribution < 1.29 is 4.79 Å². The lowest BCUT2D eigenvalue weighted by atomic mass is 10.3. The van der Waals surface area contributed by atoms with Gasteiger partial charge in [-0.2, -0.15) is 0 Å². The van der Waals surface area contributed by atoms with Crippen molar-refractivity contribution in [2.75, 3.05) is 7.05 Å². The lowest BCUT2D eigenvalue weighted by molar-refractivity contribution is -0.131. The predicted molar refractivity (Wildman–Crippen MR) is 61.6 cm³/mol. The van der Waals surface area contributed by atoms with E-state index in [1.807, 2.05) is 6.20 Å². The van der Waals surface area contributed by atoms with E-state index >= 15 is 0 Å². The Kier molecular flexibility index (Phi) is 4.23. The predicted octanol–water partition coefficient (Wildman–Crippen LogP) is 1.01. The van der Waals surface area contributed by atoms with Gasteiger partial charge >= 0.3 is 0 Å². The van der Waals surface area contributed by atoms with Crippen LogP contribution >= 0.6 is 11.3 Å². The molecule has 0 aliphatic carbocycles. The number of carbonyl (C=O) groups excluding carboxylic acids is 1. The summed E-state index contributed by atoms with van der Waals surface area (Å²) >= 11 is 1.64. The van der Waals surface area contributed by atoms with Gasteiger partial charge < -0.3 is 10.6 Å². The lowest BCUT2D eigenvalue weighted by Gasteiger charge is -2.17. The van der Waals surface area contributed by atoms with Crippen LogP contribution in [0.2, 0.25) is 0 Å². The molecule has 15 heavy (non-hydrogen) atoms. The Morgan fingerprint density at radius 3 is 2.87 bits per heavy atom. The maximum atomic E-state index is 11.5. The summed E-state index contributed by atoms with van der Waals surface area (Å²) in [6.45, 7) is 4.33. The summed E-state index contributed by atoms with van der Waals surface area (Å²) in [5, 5.41) is 0.961. The Hall–Kier alpha value is -0.940. The molecule has 0 unspecified atom stereocenters. The van der Waals surface area contributed by atoms with Crippen LogP contribution in [0.4, 0.5) is 0 Å². The number of likely N-dealkylation sites (N-methyl/N-ethyl adjacent to an activating group) is 1. The molecule has 1 aromatic heterocycles. The molecule has 2 N–H and O–H groups in total. The Morgan fingerprint density at radius 1 is 1.73 bits per heavy atom. The average Bonchev–Trinajstić information content (AvgIpc) is 2.64. The van der Waals surface area contributed by atoms with Crippen LogP contribution in [0, 0.1) is 0 Å². The molecule has 84 valence electrons. The summed E-state index contributed by atoms with van der Waals surface area (Å²) in [7, 11) is 1.75. The largest absolute Gasteiger partial charge is 0.338 e. The number of rotatable bonds is 4. The van der Waals surface area contributed by atoms with E-state index in [1.165, 1.54) is 4.88 Å². The third-order valence-corrected chi connectivity index (χ3v) is 3.21. The molecule has 0 fully saturated rings. The Morgan fingerprint density at radius 2 is 2.40 bits per heavy atom. The number of hydrogen-bond acceptors (Lipinski definition) is 4. The Bertz CT molecular complexity index is 335. The van der Waals surface area contributed by atoms with Gasteiger partial charge in [0.05, 0.1) is 12.6 Å². The van der Waals surface area contributed by atoms with Gasteiger partial charge in [0.15, 0.2) is 0 Å². The topological polar surface area (TPSA) is 59.2 Å². The molecule has 1 aromatic rings. The molecule has 5 heteroatoms. The molecule has 0 saturated heterocycles. The van der Waals surface area contributed by atoms with Gasteiger partial charge in [-0.1, -0.05) is 6.92 Å². The molecule has 0 spiro atoms. The summed E-state index contributed by atoms with van der Waals surface area (Å²) in [4.78, 5) is 18.6. The summed E-state index contributed by atoms with van der Waals surface area (Å²) in [6, 6.07) is -0.444. The zero-order valence-corrected chi connectivity index (χ0v) is 10.2. The zero-order valence-electron chi connectivity index (χ0n) is 9.36. The number of nitrogens with two attached hydrogens (primary N) is 1. The van der Waals surface area contributed by atoms with E-state index in [-0.39, 0.29) is 5.91 Å². The molecule has 1 atom stereocenters. The minimum atomic E-state index is -0.444. The van der Waals surface area contributed by atoms with E-state index in [0.29, 0.717) is 6.54 Å². The molecule has 0 saturated carbocycles. The average molecular weight is 227 g/mol. The van der Waals surface area contributed by atoms with Crippen molar-refractivity contribution in [3.8, 4) is 0 Å². The minimum absolute atomic E-state index is 0.0525. The van der Waals surface area contributed by atoms with Crippen molar-refractivity contribution in [3.05, 3.63) is 16.1 Å². The lowest BCUT2D eigenvalue weighted by Crippen LogP contribution is -2.39. The smallest absolute Gasteiger partial charge is 0.239 e. The maximum Gasteiger partial charge on any atom is 0.239 e. The number of thiazole rings is 1. The monoisotopic (exact) mass is 227 g/mol. The normalized spacial score (nSPS) is 12.5. The van der Waals surface area contributed by atoms with E-state index in [2.05, 4.69) is 11.9 Å². The van der Waals surface area contributed by atoms with Gasteiger partial charge in [0.2, 0.25) is 5.91 Å². The molecular weight excluding hydrogens is 210 g/mol. The van der Waals surface area contributed by atoms with Crippen LogP contribution in [0.5, 0.6) is 0 Å². The van der Waals surface area contributed by atoms with Crippen molar-refractivity contribution in [1.29, 1.82) is 0 Å². The number of aromatic nitrogens is 1. The minimum Gasteiger partial charge on any atom is -0.338 e. The highest BCUT2D eigenvalue weighted by atomic mass is 32.1. The number of aryl methyl sites for hydroxylation is 1. The fraction of sp³-hybridized carbons (Fsp3) is 0.600. The van der Waals surface area contributed by atoms with E-state index in [9.17, 15) is 4.79 Å². The van der Waals surface area contributed by atoms with Gasteiger partial charge in [-0.15, -0.1) is 11.3 Å². The standard InChI is InChI=1S/C10H17N3OS/c1-4-8-5-12-9(15-8)6-13(3)10(14)7(2)11/h5,7H,4,6,11H2,1-3H3/t7-/m1/s1. The molecule has 1 heterocycles. The van der Waals surface area contributed by atoms with Crippen LogP contribution in [0.15, 0.2) is 6.20 Å². The number of nitrogens with zero attached hydrogens (tertiary/aromatic N) is 2. The second-order valence-electron chi connectivity index (χ2n) is 3.56. The fourth-order valence-electron chi connectivity index (χ4n) is 1.21. The second kappa shape index (κ2) is 5.23. The first kappa shape index (κ1) is 12.1. The van der Waals surface area contributed by atoms with Gasteiger partial charge in [-0.3, -0.25) is 4.79 Å². The zero-order chi connectivity index (χ0) is 11.4. The molecule has 0 bridgehead atoms. The van der Waals surface area contributed by atoms with E-state index in [4.69, 9.17) is 5.73 Å². The fourth-order valence-corrected chi connectivity index (χ4v) is 2.13. The number of carbonyl (C=O) groups is 1. The molecule has 4 nitrogen and oxygen atoms in total. The Labute approximate surface area is 94.1 Å². The first-order valence-electron chi connectivity index (χ1n) is 4.98. The molecule has 0 radical (unpaired) electrons. The third-order valence-electron chi connectivity index (χ3n) is 2.09. The van der Waals surface area contributed by atoms with Crippen LogP contribution in [0.1, 0.15) is 23.7 Å². The van der Waals surface area contributed by atoms with Crippen LogP contribution in [-0.2, 0) is 17.8 Å². The summed E-state index contributed by atoms with van der Waals surface area (Å²) in [5.41, 5.74) is 5.51. The summed E-state index contributed by atoms with van der Waals surface area (Å²) in [5.74, 6) is -0.0525. The van der Waals surface area contributed by atoms with Crippen molar-refractivity contribution in [3.63, 3.8) is 0 Å². The van der Waals surface area contributed by atoms with Gasteiger partial charge in [0, 0.05) is 18.1 Å². The molecule has 0 aromatic carbocycles. The molecule has 0 aliphatic heterocycles. The van der Waals surface area contributed by atoms with Crippen molar-refractivity contribution in [2.24, 2.45) is 5.73 Å². The van der Waals surface area contributed by atoms with Crippen LogP contribution in [-0.4, -0.2) is 28.9 Å². The van der Waals surface area contributed by atoms with Gasteiger partial charge in [-0.05, 0) is 13.3 Å². The molecule has 0 aliphatic rings. The van der Waals surface area contributed by atoms with Crippen molar-refractivity contribution in [2.45, 2.75) is 32.9 Å². The van der Waals surface area contributed by atoms with Gasteiger partial charge in [0.25, 0.3) is 0 Å². The van der Waals surface area contributed by atoms with E-state index < -0.39 is 6.04 Å². The Balaban J connectivity index is 2.58. The summed E-state index contributed by atoms with van der Waals surface area (Å²) < 4.78 is 0. The molecule has 1 rings (SSSR count). The van der Waals surface area contributed by atoms with Gasteiger partial charge in [0.1, 0.15) is 5.01 Å². The van der Waals surface area contributed by atoms with Crippen LogP contribution in [0.3, 0.4) is 0 Å². The third kappa shape index (κ3) is 3.28. The first-order valence-corrected chi connectivity index (χ1v) is 5.80. The molecule has 1 amide bonds. The van der Waals surface area contributed by atoms with Crippen molar-refractivity contribution >= 4 is 17.2 Å². The quantitative estimate of drug-likeness (QED) is 0.835. The van der Waals surface area contributed by atoms with E-state index in [1.54, 1.807) is 30.2 Å². The van der Waals surface area contributed by atoms with Gasteiger partial charge in [-0.25, -0.2) is 4.98 Å². The second-order valence-corrected chi connectivity index (χ2v) is 4.76. The van der Waals surface area contributed by atoms with Crippen LogP contribution in [0.25, 0.3) is 0 Å². The highest BCUT2D eigenvalue weighted by Gasteiger charge is 2.14. The first-order chi connectivity index (χ1) is 7.04. The highest BCUT2D eigenvalue weighted by Crippen LogP contribution is 2.14. The van der Waals surface area contributed by atoms with Crippen molar-refractivity contribution in [1.82, 2.24) is 9.88 Å². The SMILES string of the molecule is CCc1cnc(CN(C)C(=O)[C@@H](C)N)s1. The maximum absolute atomic E-state index is 11.5. The number of amides is 1.